The van der Waals surface area contributed by atoms with E-state index in [2.05, 4.69) is 30.1 Å². The molecule has 0 aliphatic rings. The molecule has 3 rings (SSSR count). The Hall–Kier alpha value is -3.79. The van der Waals surface area contributed by atoms with E-state index >= 15 is 0 Å². The molecular weight excluding hydrogens is 404 g/mol. The molecule has 0 unspecified atom stereocenters. The molecular formula is C25H22N4OS. The molecule has 1 heterocycles. The number of Topliss-reactive ketones (excluding diaryl/α,β-unsaturated/α-hetero) is 1. The van der Waals surface area contributed by atoms with Crippen LogP contribution in [-0.4, -0.2) is 17.0 Å². The standard InChI is InChI=1S/C13H12N2S.C12H10N2O/c1-9-5-3-4-6-11(9)12-7-10(8-14)13(15-12)16-2;1-9-4-2-3-5-11(9)12(15)6-10(7-13)8-14/h3-7,15H,1-2H3;2-5,10H,6H2,1H3. The number of aromatic amines is 1. The van der Waals surface area contributed by atoms with Crippen LogP contribution in [0.4, 0.5) is 0 Å². The number of nitrogens with one attached hydrogen (secondary N) is 1. The molecule has 6 heteroatoms. The van der Waals surface area contributed by atoms with Crippen LogP contribution in [0, 0.1) is 53.8 Å². The predicted octanol–water partition coefficient (Wildman–Crippen LogP) is 5.81. The van der Waals surface area contributed by atoms with E-state index in [0.717, 1.165) is 21.8 Å². The average molecular weight is 427 g/mol. The lowest BCUT2D eigenvalue weighted by molar-refractivity contribution is 0.0976. The first-order valence-corrected chi connectivity index (χ1v) is 10.8. The van der Waals surface area contributed by atoms with Crippen LogP contribution in [0.3, 0.4) is 0 Å². The van der Waals surface area contributed by atoms with E-state index in [0.29, 0.717) is 11.1 Å². The molecule has 3 aromatic rings. The Balaban J connectivity index is 0.000000221. The van der Waals surface area contributed by atoms with Gasteiger partial charge in [-0.05, 0) is 37.3 Å². The molecule has 5 nitrogen and oxygen atoms in total. The smallest absolute Gasteiger partial charge is 0.165 e. The van der Waals surface area contributed by atoms with Crippen LogP contribution in [-0.2, 0) is 0 Å². The summed E-state index contributed by atoms with van der Waals surface area (Å²) in [6.45, 7) is 3.90. The third-order valence-corrected chi connectivity index (χ3v) is 5.42. The summed E-state index contributed by atoms with van der Waals surface area (Å²) in [5.41, 5.74) is 5.55. The number of carbonyl (C=O) groups excluding carboxylic acids is 1. The first kappa shape index (κ1) is 23.5. The van der Waals surface area contributed by atoms with Gasteiger partial charge in [0.1, 0.15) is 12.0 Å². The van der Waals surface area contributed by atoms with E-state index in [1.807, 2.05) is 43.5 Å². The number of nitriles is 3. The van der Waals surface area contributed by atoms with Crippen molar-refractivity contribution < 1.29 is 4.79 Å². The Bertz CT molecular complexity index is 1180. The summed E-state index contributed by atoms with van der Waals surface area (Å²) in [6, 6.07) is 23.0. The summed E-state index contributed by atoms with van der Waals surface area (Å²) in [4.78, 5) is 15.0. The molecule has 1 N–H and O–H groups in total. The maximum atomic E-state index is 11.7. The summed E-state index contributed by atoms with van der Waals surface area (Å²) >= 11 is 1.56. The number of carbonyl (C=O) groups is 1. The molecule has 1 aromatic heterocycles. The molecule has 154 valence electrons. The van der Waals surface area contributed by atoms with Gasteiger partial charge in [-0.3, -0.25) is 4.79 Å². The number of hydrogen-bond acceptors (Lipinski definition) is 5. The summed E-state index contributed by atoms with van der Waals surface area (Å²) in [5, 5.41) is 27.1. The van der Waals surface area contributed by atoms with E-state index in [4.69, 9.17) is 15.8 Å². The van der Waals surface area contributed by atoms with E-state index in [9.17, 15) is 4.79 Å². The van der Waals surface area contributed by atoms with Crippen molar-refractivity contribution in [3.05, 3.63) is 76.9 Å². The topological polar surface area (TPSA) is 104 Å². The van der Waals surface area contributed by atoms with Gasteiger partial charge < -0.3 is 4.98 Å². The maximum absolute atomic E-state index is 11.7. The van der Waals surface area contributed by atoms with Crippen molar-refractivity contribution in [2.24, 2.45) is 5.92 Å². The zero-order chi connectivity index (χ0) is 22.8. The Morgan fingerprint density at radius 2 is 1.61 bits per heavy atom. The SMILES string of the molecule is CSc1[nH]c(-c2ccccc2C)cc1C#N.Cc1ccccc1C(=O)CC(C#N)C#N. The van der Waals surface area contributed by atoms with Gasteiger partial charge >= 0.3 is 0 Å². The summed E-state index contributed by atoms with van der Waals surface area (Å²) < 4.78 is 0. The van der Waals surface area contributed by atoms with Crippen molar-refractivity contribution in [1.82, 2.24) is 4.98 Å². The highest BCUT2D eigenvalue weighted by Crippen LogP contribution is 2.28. The third-order valence-electron chi connectivity index (χ3n) is 4.69. The molecule has 0 aliphatic heterocycles. The number of nitrogens with zero attached hydrogens (tertiary/aromatic N) is 3. The fourth-order valence-corrected chi connectivity index (χ4v) is 3.54. The van der Waals surface area contributed by atoms with Crippen LogP contribution in [0.2, 0.25) is 0 Å². The number of aromatic nitrogens is 1. The maximum Gasteiger partial charge on any atom is 0.165 e. The second-order valence-electron chi connectivity index (χ2n) is 6.81. The minimum Gasteiger partial charge on any atom is -0.349 e. The molecule has 0 aliphatic carbocycles. The number of H-pyrrole nitrogens is 1. The molecule has 0 spiro atoms. The third kappa shape index (κ3) is 6.09. The zero-order valence-corrected chi connectivity index (χ0v) is 18.5. The van der Waals surface area contributed by atoms with E-state index in [1.54, 1.807) is 36.0 Å². The first-order valence-electron chi connectivity index (χ1n) is 9.56. The minimum absolute atomic E-state index is 0.0299. The summed E-state index contributed by atoms with van der Waals surface area (Å²) in [6.07, 6.45) is 1.94. The molecule has 0 radical (unpaired) electrons. The Labute approximate surface area is 187 Å². The monoisotopic (exact) mass is 426 g/mol. The summed E-state index contributed by atoms with van der Waals surface area (Å²) in [5.74, 6) is -1.00. The van der Waals surface area contributed by atoms with Crippen LogP contribution in [0.1, 0.15) is 33.5 Å². The highest BCUT2D eigenvalue weighted by atomic mass is 32.2. The number of rotatable bonds is 5. The fraction of sp³-hybridized carbons (Fsp3) is 0.200. The van der Waals surface area contributed by atoms with Gasteiger partial charge in [-0.2, -0.15) is 15.8 Å². The lowest BCUT2D eigenvalue weighted by atomic mass is 9.97. The van der Waals surface area contributed by atoms with Crippen molar-refractivity contribution in [2.75, 3.05) is 6.26 Å². The van der Waals surface area contributed by atoms with Gasteiger partial charge in [-0.15, -0.1) is 11.8 Å². The van der Waals surface area contributed by atoms with Gasteiger partial charge in [0.2, 0.25) is 0 Å². The Morgan fingerprint density at radius 1 is 1.00 bits per heavy atom. The molecule has 0 saturated heterocycles. The summed E-state index contributed by atoms with van der Waals surface area (Å²) in [7, 11) is 0. The van der Waals surface area contributed by atoms with Gasteiger partial charge in [0.05, 0.1) is 22.7 Å². The first-order chi connectivity index (χ1) is 14.9. The minimum atomic E-state index is -0.850. The van der Waals surface area contributed by atoms with Crippen molar-refractivity contribution in [1.29, 1.82) is 15.8 Å². The van der Waals surface area contributed by atoms with Gasteiger partial charge in [0, 0.05) is 23.2 Å². The van der Waals surface area contributed by atoms with Crippen molar-refractivity contribution in [3.8, 4) is 29.5 Å². The van der Waals surface area contributed by atoms with Crippen LogP contribution >= 0.6 is 11.8 Å². The predicted molar refractivity (Wildman–Crippen MR) is 122 cm³/mol. The molecule has 0 atom stereocenters. The number of aryl methyl sites for hydroxylation is 2. The van der Waals surface area contributed by atoms with Crippen LogP contribution in [0.5, 0.6) is 0 Å². The van der Waals surface area contributed by atoms with Gasteiger partial charge in [0.15, 0.2) is 5.78 Å². The Morgan fingerprint density at radius 3 is 2.13 bits per heavy atom. The number of benzene rings is 2. The number of hydrogen-bond donors (Lipinski definition) is 1. The molecule has 0 saturated carbocycles. The highest BCUT2D eigenvalue weighted by molar-refractivity contribution is 7.98. The highest BCUT2D eigenvalue weighted by Gasteiger charge is 2.15. The molecule has 0 fully saturated rings. The van der Waals surface area contributed by atoms with Gasteiger partial charge in [-0.25, -0.2) is 0 Å². The zero-order valence-electron chi connectivity index (χ0n) is 17.6. The molecule has 0 bridgehead atoms. The van der Waals surface area contributed by atoms with E-state index in [1.165, 1.54) is 5.56 Å². The van der Waals surface area contributed by atoms with Crippen molar-refractivity contribution in [2.45, 2.75) is 25.3 Å². The van der Waals surface area contributed by atoms with Gasteiger partial charge in [-0.1, -0.05) is 48.5 Å². The van der Waals surface area contributed by atoms with Crippen LogP contribution in [0.25, 0.3) is 11.3 Å². The van der Waals surface area contributed by atoms with Crippen molar-refractivity contribution in [3.63, 3.8) is 0 Å². The van der Waals surface area contributed by atoms with E-state index < -0.39 is 5.92 Å². The number of thioether (sulfide) groups is 1. The van der Waals surface area contributed by atoms with Crippen LogP contribution < -0.4 is 0 Å². The molecule has 2 aromatic carbocycles. The molecule has 0 amide bonds. The van der Waals surface area contributed by atoms with Crippen LogP contribution in [0.15, 0.2) is 59.6 Å². The second-order valence-corrected chi connectivity index (χ2v) is 7.63. The fourth-order valence-electron chi connectivity index (χ4n) is 3.00. The Kier molecular flexibility index (Phi) is 8.64. The number of ketones is 1. The van der Waals surface area contributed by atoms with E-state index in [-0.39, 0.29) is 12.2 Å². The average Bonchev–Trinajstić information content (AvgIpc) is 3.21. The second kappa shape index (κ2) is 11.4. The normalized spacial score (nSPS) is 9.71. The molecule has 31 heavy (non-hydrogen) atoms. The van der Waals surface area contributed by atoms with Crippen molar-refractivity contribution >= 4 is 17.5 Å². The lowest BCUT2D eigenvalue weighted by Crippen LogP contribution is -2.07. The largest absolute Gasteiger partial charge is 0.349 e. The lowest BCUT2D eigenvalue weighted by Gasteiger charge is -2.03. The van der Waals surface area contributed by atoms with Gasteiger partial charge in [0.25, 0.3) is 0 Å². The quantitative estimate of drug-likeness (QED) is 0.409.